The molecule has 0 aliphatic rings. The molecule has 0 saturated heterocycles. The second-order valence-electron chi connectivity index (χ2n) is 8.76. The van der Waals surface area contributed by atoms with Crippen LogP contribution in [0.1, 0.15) is 41.6 Å². The zero-order valence-corrected chi connectivity index (χ0v) is 22.5. The molecule has 3 rings (SSSR count). The van der Waals surface area contributed by atoms with Crippen LogP contribution < -0.4 is 19.1 Å². The van der Waals surface area contributed by atoms with Crippen molar-refractivity contribution >= 4 is 21.6 Å². The smallest absolute Gasteiger partial charge is 0.264 e. The van der Waals surface area contributed by atoms with Crippen molar-refractivity contribution in [2.24, 2.45) is 0 Å². The third-order valence-electron chi connectivity index (χ3n) is 6.06. The molecule has 36 heavy (non-hydrogen) atoms. The van der Waals surface area contributed by atoms with E-state index < -0.39 is 22.5 Å². The Bertz CT molecular complexity index is 1320. The fraction of sp³-hybridized carbons (Fsp3) is 0.321. The minimum absolute atomic E-state index is 0.0993. The molecule has 0 aliphatic carbocycles. The van der Waals surface area contributed by atoms with Crippen LogP contribution in [0, 0.1) is 20.8 Å². The third kappa shape index (κ3) is 5.99. The molecule has 7 nitrogen and oxygen atoms in total. The lowest BCUT2D eigenvalue weighted by molar-refractivity contribution is -0.120. The minimum atomic E-state index is -4.06. The first-order valence-electron chi connectivity index (χ1n) is 11.8. The lowest BCUT2D eigenvalue weighted by Crippen LogP contribution is -2.42. The van der Waals surface area contributed by atoms with Crippen LogP contribution in [0.5, 0.6) is 11.5 Å². The first kappa shape index (κ1) is 27.1. The number of ether oxygens (including phenoxy) is 2. The molecule has 8 heteroatoms. The average molecular weight is 511 g/mol. The van der Waals surface area contributed by atoms with Gasteiger partial charge in [0, 0.05) is 0 Å². The van der Waals surface area contributed by atoms with E-state index in [2.05, 4.69) is 5.32 Å². The predicted molar refractivity (Wildman–Crippen MR) is 142 cm³/mol. The highest BCUT2D eigenvalue weighted by molar-refractivity contribution is 7.92. The van der Waals surface area contributed by atoms with E-state index in [0.29, 0.717) is 17.9 Å². The van der Waals surface area contributed by atoms with Crippen molar-refractivity contribution in [1.82, 2.24) is 5.32 Å². The maximum Gasteiger partial charge on any atom is 0.264 e. The van der Waals surface area contributed by atoms with E-state index >= 15 is 0 Å². The Labute approximate surface area is 214 Å². The monoisotopic (exact) mass is 510 g/mol. The zero-order chi connectivity index (χ0) is 26.5. The van der Waals surface area contributed by atoms with Gasteiger partial charge in [-0.25, -0.2) is 8.42 Å². The highest BCUT2D eigenvalue weighted by Crippen LogP contribution is 2.33. The fourth-order valence-corrected chi connectivity index (χ4v) is 5.47. The minimum Gasteiger partial charge on any atom is -0.496 e. The van der Waals surface area contributed by atoms with E-state index in [-0.39, 0.29) is 10.9 Å². The van der Waals surface area contributed by atoms with E-state index in [1.165, 1.54) is 7.11 Å². The van der Waals surface area contributed by atoms with Gasteiger partial charge in [0.15, 0.2) is 0 Å². The number of hydrogen-bond donors (Lipinski definition) is 1. The number of carbonyl (C=O) groups excluding carboxylic acids is 1. The Balaban J connectivity index is 1.98. The van der Waals surface area contributed by atoms with Crippen molar-refractivity contribution < 1.29 is 22.7 Å². The van der Waals surface area contributed by atoms with Crippen molar-refractivity contribution in [2.75, 3.05) is 25.1 Å². The van der Waals surface area contributed by atoms with Gasteiger partial charge in [-0.3, -0.25) is 9.10 Å². The number of benzene rings is 3. The number of aryl methyl sites for hydroxylation is 3. The Morgan fingerprint density at radius 2 is 1.50 bits per heavy atom. The molecule has 1 atom stereocenters. The molecule has 1 N–H and O–H groups in total. The molecule has 0 spiro atoms. The molecule has 3 aromatic carbocycles. The molecule has 0 radical (unpaired) electrons. The predicted octanol–water partition coefficient (Wildman–Crippen LogP) is 5.09. The van der Waals surface area contributed by atoms with Gasteiger partial charge in [-0.1, -0.05) is 42.8 Å². The summed E-state index contributed by atoms with van der Waals surface area (Å²) in [5, 5.41) is 3.01. The summed E-state index contributed by atoms with van der Waals surface area (Å²) >= 11 is 0. The zero-order valence-electron chi connectivity index (χ0n) is 21.7. The normalized spacial score (nSPS) is 12.1. The molecule has 1 amide bonds. The Morgan fingerprint density at radius 1 is 0.889 bits per heavy atom. The summed E-state index contributed by atoms with van der Waals surface area (Å²) in [5.41, 5.74) is 3.96. The highest BCUT2D eigenvalue weighted by Gasteiger charge is 2.30. The van der Waals surface area contributed by atoms with Gasteiger partial charge in [0.25, 0.3) is 10.0 Å². The van der Waals surface area contributed by atoms with Gasteiger partial charge in [-0.2, -0.15) is 0 Å². The van der Waals surface area contributed by atoms with Crippen LogP contribution in [0.15, 0.2) is 65.6 Å². The Kier molecular flexibility index (Phi) is 8.63. The molecule has 0 aliphatic heterocycles. The van der Waals surface area contributed by atoms with Crippen LogP contribution in [-0.4, -0.2) is 35.1 Å². The Morgan fingerprint density at radius 3 is 2.08 bits per heavy atom. The van der Waals surface area contributed by atoms with Gasteiger partial charge in [-0.15, -0.1) is 0 Å². The molecule has 0 heterocycles. The van der Waals surface area contributed by atoms with Crippen LogP contribution in [0.3, 0.4) is 0 Å². The van der Waals surface area contributed by atoms with Gasteiger partial charge in [0.1, 0.15) is 18.0 Å². The second-order valence-corrected chi connectivity index (χ2v) is 10.6. The molecular weight excluding hydrogens is 476 g/mol. The fourth-order valence-electron chi connectivity index (χ4n) is 4.04. The van der Waals surface area contributed by atoms with E-state index in [9.17, 15) is 13.2 Å². The molecule has 192 valence electrons. The number of amides is 1. The third-order valence-corrected chi connectivity index (χ3v) is 7.84. The average Bonchev–Trinajstić information content (AvgIpc) is 2.86. The van der Waals surface area contributed by atoms with Crippen LogP contribution in [0.25, 0.3) is 0 Å². The summed E-state index contributed by atoms with van der Waals surface area (Å²) in [6, 6.07) is 17.3. The largest absolute Gasteiger partial charge is 0.496 e. The van der Waals surface area contributed by atoms with Gasteiger partial charge in [-0.05, 0) is 74.2 Å². The maximum absolute atomic E-state index is 13.8. The number of carbonyl (C=O) groups is 1. The SMILES string of the molecule is CCC(NC(=O)CN(c1cc(C)ccc1OC)S(=O)(=O)c1ccc(C)cc1)c1ccc(OC)c(C)c1. The van der Waals surface area contributed by atoms with Crippen LogP contribution in [0.2, 0.25) is 0 Å². The lowest BCUT2D eigenvalue weighted by Gasteiger charge is -2.27. The van der Waals surface area contributed by atoms with Gasteiger partial charge < -0.3 is 14.8 Å². The number of sulfonamides is 1. The quantitative estimate of drug-likeness (QED) is 0.411. The molecular formula is C28H34N2O5S. The topological polar surface area (TPSA) is 84.9 Å². The van der Waals surface area contributed by atoms with Crippen molar-refractivity contribution in [1.29, 1.82) is 0 Å². The molecule has 1 unspecified atom stereocenters. The van der Waals surface area contributed by atoms with Crippen molar-refractivity contribution in [3.63, 3.8) is 0 Å². The number of anilines is 1. The molecule has 3 aromatic rings. The van der Waals surface area contributed by atoms with E-state index in [0.717, 1.165) is 32.3 Å². The van der Waals surface area contributed by atoms with Gasteiger partial charge >= 0.3 is 0 Å². The van der Waals surface area contributed by atoms with Crippen LogP contribution in [-0.2, 0) is 14.8 Å². The van der Waals surface area contributed by atoms with Gasteiger partial charge in [0.2, 0.25) is 5.91 Å². The van der Waals surface area contributed by atoms with Crippen molar-refractivity contribution in [3.8, 4) is 11.5 Å². The standard InChI is InChI=1S/C28H34N2O5S/c1-7-24(22-11-15-26(34-5)21(4)17-22)29-28(31)18-30(25-16-20(3)10-14-27(25)35-6)36(32,33)23-12-8-19(2)9-13-23/h8-17,24H,7,18H2,1-6H3,(H,29,31). The number of nitrogens with zero attached hydrogens (tertiary/aromatic N) is 1. The number of nitrogens with one attached hydrogen (secondary N) is 1. The summed E-state index contributed by atoms with van der Waals surface area (Å²) in [7, 11) is -0.971. The maximum atomic E-state index is 13.8. The van der Waals surface area contributed by atoms with Gasteiger partial charge in [0.05, 0.1) is 30.8 Å². The van der Waals surface area contributed by atoms with Crippen molar-refractivity contribution in [2.45, 2.75) is 45.1 Å². The van der Waals surface area contributed by atoms with E-state index in [1.54, 1.807) is 43.5 Å². The summed E-state index contributed by atoms with van der Waals surface area (Å²) in [6.45, 7) is 7.25. The molecule has 0 fully saturated rings. The summed E-state index contributed by atoms with van der Waals surface area (Å²) in [6.07, 6.45) is 0.635. The van der Waals surface area contributed by atoms with E-state index in [1.807, 2.05) is 52.0 Å². The van der Waals surface area contributed by atoms with Crippen LogP contribution >= 0.6 is 0 Å². The van der Waals surface area contributed by atoms with Crippen molar-refractivity contribution in [3.05, 3.63) is 82.9 Å². The summed E-state index contributed by atoms with van der Waals surface area (Å²) in [5.74, 6) is 0.707. The second kappa shape index (κ2) is 11.5. The number of methoxy groups -OCH3 is 2. The summed E-state index contributed by atoms with van der Waals surface area (Å²) in [4.78, 5) is 13.4. The lowest BCUT2D eigenvalue weighted by atomic mass is 10.0. The first-order chi connectivity index (χ1) is 17.1. The molecule has 0 bridgehead atoms. The highest BCUT2D eigenvalue weighted by atomic mass is 32.2. The summed E-state index contributed by atoms with van der Waals surface area (Å²) < 4.78 is 39.5. The molecule has 0 aromatic heterocycles. The Hall–Kier alpha value is -3.52. The first-order valence-corrected chi connectivity index (χ1v) is 13.2. The van der Waals surface area contributed by atoms with Crippen LogP contribution in [0.4, 0.5) is 5.69 Å². The molecule has 0 saturated carbocycles. The van der Waals surface area contributed by atoms with E-state index in [4.69, 9.17) is 9.47 Å². The number of hydrogen-bond acceptors (Lipinski definition) is 5. The number of rotatable bonds is 10.